The second-order valence-electron chi connectivity index (χ2n) is 7.92. The molecular weight excluding hydrogens is 424 g/mol. The molecule has 4 amide bonds. The van der Waals surface area contributed by atoms with Gasteiger partial charge in [0.15, 0.2) is 0 Å². The van der Waals surface area contributed by atoms with Crippen molar-refractivity contribution in [3.05, 3.63) is 44.8 Å². The molecule has 0 bridgehead atoms. The molecule has 0 unspecified atom stereocenters. The van der Waals surface area contributed by atoms with Gasteiger partial charge in [0.25, 0.3) is 16.8 Å². The van der Waals surface area contributed by atoms with Gasteiger partial charge in [0.2, 0.25) is 11.8 Å². The highest BCUT2D eigenvalue weighted by molar-refractivity contribution is 8.18. The Bertz CT molecular complexity index is 936. The van der Waals surface area contributed by atoms with E-state index >= 15 is 0 Å². The number of rotatable bonds is 7. The number of benzene rings is 1. The SMILES string of the molecule is C[C@@H](NC(=O)C(C)(C)C)C(=O)NCCN1C(=O)S/C(=C/c2ccc([N+](=O)[O-])cc2)C1=O. The monoisotopic (exact) mass is 448 g/mol. The van der Waals surface area contributed by atoms with Crippen molar-refractivity contribution in [3.63, 3.8) is 0 Å². The molecule has 0 radical (unpaired) electrons. The molecule has 0 spiro atoms. The summed E-state index contributed by atoms with van der Waals surface area (Å²) in [5.41, 5.74) is -0.159. The van der Waals surface area contributed by atoms with E-state index in [4.69, 9.17) is 0 Å². The van der Waals surface area contributed by atoms with Gasteiger partial charge in [0, 0.05) is 30.6 Å². The first kappa shape index (κ1) is 24.1. The minimum Gasteiger partial charge on any atom is -0.353 e. The maximum absolute atomic E-state index is 12.5. The first-order valence-corrected chi connectivity index (χ1v) is 10.3. The Hall–Kier alpha value is -3.21. The molecule has 10 nitrogen and oxygen atoms in total. The van der Waals surface area contributed by atoms with Crippen molar-refractivity contribution < 1.29 is 24.1 Å². The first-order valence-electron chi connectivity index (χ1n) is 9.48. The Morgan fingerprint density at radius 1 is 1.23 bits per heavy atom. The van der Waals surface area contributed by atoms with Crippen molar-refractivity contribution in [2.75, 3.05) is 13.1 Å². The van der Waals surface area contributed by atoms with E-state index in [1.165, 1.54) is 30.3 Å². The normalized spacial score (nSPS) is 16.4. The van der Waals surface area contributed by atoms with Gasteiger partial charge in [-0.2, -0.15) is 0 Å². The summed E-state index contributed by atoms with van der Waals surface area (Å²) in [6, 6.07) is 4.83. The van der Waals surface area contributed by atoms with Gasteiger partial charge in [-0.3, -0.25) is 34.2 Å². The van der Waals surface area contributed by atoms with Crippen molar-refractivity contribution >= 4 is 46.5 Å². The van der Waals surface area contributed by atoms with Crippen LogP contribution >= 0.6 is 11.8 Å². The Morgan fingerprint density at radius 2 is 1.84 bits per heavy atom. The highest BCUT2D eigenvalue weighted by atomic mass is 32.2. The number of nitrogens with zero attached hydrogens (tertiary/aromatic N) is 2. The number of carbonyl (C=O) groups excluding carboxylic acids is 4. The number of hydrogen-bond donors (Lipinski definition) is 2. The number of nitro benzene ring substituents is 1. The first-order chi connectivity index (χ1) is 14.4. The van der Waals surface area contributed by atoms with E-state index in [1.807, 2.05) is 0 Å². The minimum absolute atomic E-state index is 0.0199. The van der Waals surface area contributed by atoms with Crippen LogP contribution in [0.15, 0.2) is 29.2 Å². The fraction of sp³-hybridized carbons (Fsp3) is 0.400. The molecule has 0 saturated carbocycles. The topological polar surface area (TPSA) is 139 Å². The Morgan fingerprint density at radius 3 is 2.39 bits per heavy atom. The van der Waals surface area contributed by atoms with Crippen LogP contribution in [0.2, 0.25) is 0 Å². The van der Waals surface area contributed by atoms with Crippen LogP contribution < -0.4 is 10.6 Å². The molecule has 0 aliphatic carbocycles. The number of nitro groups is 1. The molecule has 31 heavy (non-hydrogen) atoms. The fourth-order valence-electron chi connectivity index (χ4n) is 2.46. The summed E-state index contributed by atoms with van der Waals surface area (Å²) in [7, 11) is 0. The largest absolute Gasteiger partial charge is 0.353 e. The lowest BCUT2D eigenvalue weighted by Crippen LogP contribution is -2.49. The van der Waals surface area contributed by atoms with E-state index in [2.05, 4.69) is 10.6 Å². The van der Waals surface area contributed by atoms with E-state index in [-0.39, 0.29) is 29.6 Å². The summed E-state index contributed by atoms with van der Waals surface area (Å²) in [6.07, 6.45) is 1.48. The van der Waals surface area contributed by atoms with E-state index in [0.717, 1.165) is 16.7 Å². The molecule has 1 heterocycles. The molecule has 0 aromatic heterocycles. The molecule has 2 N–H and O–H groups in total. The molecule has 1 fully saturated rings. The number of hydrogen-bond acceptors (Lipinski definition) is 7. The third-order valence-corrected chi connectivity index (χ3v) is 5.24. The summed E-state index contributed by atoms with van der Waals surface area (Å²) in [6.45, 7) is 6.77. The van der Waals surface area contributed by atoms with Crippen molar-refractivity contribution in [2.45, 2.75) is 33.7 Å². The number of amides is 4. The van der Waals surface area contributed by atoms with Crippen LogP contribution in [0.1, 0.15) is 33.3 Å². The summed E-state index contributed by atoms with van der Waals surface area (Å²) in [4.78, 5) is 60.2. The van der Waals surface area contributed by atoms with Gasteiger partial charge in [-0.25, -0.2) is 0 Å². The molecule has 1 aromatic carbocycles. The summed E-state index contributed by atoms with van der Waals surface area (Å²) in [5, 5.41) is 15.4. The highest BCUT2D eigenvalue weighted by Gasteiger charge is 2.35. The van der Waals surface area contributed by atoms with Gasteiger partial charge in [0.05, 0.1) is 9.83 Å². The van der Waals surface area contributed by atoms with Crippen molar-refractivity contribution in [1.29, 1.82) is 0 Å². The van der Waals surface area contributed by atoms with Gasteiger partial charge < -0.3 is 10.6 Å². The average molecular weight is 449 g/mol. The molecule has 1 atom stereocenters. The molecule has 1 aliphatic heterocycles. The van der Waals surface area contributed by atoms with Crippen LogP contribution in [0.4, 0.5) is 10.5 Å². The van der Waals surface area contributed by atoms with Gasteiger partial charge >= 0.3 is 0 Å². The van der Waals surface area contributed by atoms with E-state index in [1.54, 1.807) is 27.7 Å². The van der Waals surface area contributed by atoms with Crippen LogP contribution in [-0.4, -0.2) is 51.9 Å². The van der Waals surface area contributed by atoms with Gasteiger partial charge in [-0.1, -0.05) is 20.8 Å². The lowest BCUT2D eigenvalue weighted by Gasteiger charge is -2.21. The number of thioether (sulfide) groups is 1. The maximum atomic E-state index is 12.5. The summed E-state index contributed by atoms with van der Waals surface area (Å²) >= 11 is 0.758. The Labute approximate surface area is 183 Å². The lowest BCUT2D eigenvalue weighted by atomic mass is 9.95. The predicted molar refractivity (Wildman–Crippen MR) is 116 cm³/mol. The summed E-state index contributed by atoms with van der Waals surface area (Å²) < 4.78 is 0. The van der Waals surface area contributed by atoms with Gasteiger partial charge in [-0.15, -0.1) is 0 Å². The minimum atomic E-state index is -0.760. The average Bonchev–Trinajstić information content (AvgIpc) is 2.94. The molecular formula is C20H24N4O6S. The van der Waals surface area contributed by atoms with Crippen LogP contribution in [0.3, 0.4) is 0 Å². The molecule has 1 aromatic rings. The number of imide groups is 1. The standard InChI is InChI=1S/C20H24N4O6S/c1-12(22-18(27)20(2,3)4)16(25)21-9-10-23-17(26)15(31-19(23)28)11-13-5-7-14(8-6-13)24(29)30/h5-8,11-12H,9-10H2,1-4H3,(H,21,25)(H,22,27)/b15-11+/t12-/m1/s1. The maximum Gasteiger partial charge on any atom is 0.293 e. The zero-order valence-electron chi connectivity index (χ0n) is 17.6. The molecule has 1 saturated heterocycles. The lowest BCUT2D eigenvalue weighted by molar-refractivity contribution is -0.384. The smallest absolute Gasteiger partial charge is 0.293 e. The second kappa shape index (κ2) is 9.73. The zero-order valence-corrected chi connectivity index (χ0v) is 18.4. The highest BCUT2D eigenvalue weighted by Crippen LogP contribution is 2.32. The Kier molecular flexibility index (Phi) is 7.55. The van der Waals surface area contributed by atoms with Crippen molar-refractivity contribution in [1.82, 2.24) is 15.5 Å². The number of nitrogens with one attached hydrogen (secondary N) is 2. The quantitative estimate of drug-likeness (QED) is 0.371. The van der Waals surface area contributed by atoms with Crippen LogP contribution in [-0.2, 0) is 14.4 Å². The second-order valence-corrected chi connectivity index (χ2v) is 8.91. The molecule has 166 valence electrons. The Balaban J connectivity index is 1.91. The zero-order chi connectivity index (χ0) is 23.3. The predicted octanol–water partition coefficient (Wildman–Crippen LogP) is 2.30. The van der Waals surface area contributed by atoms with Crippen LogP contribution in [0.5, 0.6) is 0 Å². The van der Waals surface area contributed by atoms with Crippen molar-refractivity contribution in [3.8, 4) is 0 Å². The van der Waals surface area contributed by atoms with Crippen LogP contribution in [0, 0.1) is 15.5 Å². The third-order valence-electron chi connectivity index (χ3n) is 4.33. The third kappa shape index (κ3) is 6.38. The molecule has 2 rings (SSSR count). The van der Waals surface area contributed by atoms with E-state index < -0.39 is 33.4 Å². The number of carbonyl (C=O) groups is 4. The fourth-order valence-corrected chi connectivity index (χ4v) is 3.32. The summed E-state index contributed by atoms with van der Waals surface area (Å²) in [5.74, 6) is -1.19. The number of non-ortho nitro benzene ring substituents is 1. The van der Waals surface area contributed by atoms with Crippen molar-refractivity contribution in [2.24, 2.45) is 5.41 Å². The van der Waals surface area contributed by atoms with Gasteiger partial charge in [0.1, 0.15) is 6.04 Å². The van der Waals surface area contributed by atoms with E-state index in [9.17, 15) is 29.3 Å². The van der Waals surface area contributed by atoms with E-state index in [0.29, 0.717) is 5.56 Å². The van der Waals surface area contributed by atoms with Crippen LogP contribution in [0.25, 0.3) is 6.08 Å². The molecule has 11 heteroatoms. The van der Waals surface area contributed by atoms with Gasteiger partial charge in [-0.05, 0) is 42.5 Å². The molecule has 1 aliphatic rings.